The van der Waals surface area contributed by atoms with Crippen molar-refractivity contribution in [2.24, 2.45) is 0 Å². The van der Waals surface area contributed by atoms with Crippen LogP contribution < -0.4 is 0 Å². The number of alkyl halides is 1. The normalized spacial score (nSPS) is 16.4. The summed E-state index contributed by atoms with van der Waals surface area (Å²) in [5, 5.41) is 1.94. The zero-order valence-corrected chi connectivity index (χ0v) is 13.2. The van der Waals surface area contributed by atoms with Crippen LogP contribution in [0.4, 0.5) is 0 Å². The van der Waals surface area contributed by atoms with Crippen molar-refractivity contribution in [3.05, 3.63) is 19.9 Å². The first-order valence-corrected chi connectivity index (χ1v) is 8.32. The van der Waals surface area contributed by atoms with Crippen LogP contribution in [0.5, 0.6) is 0 Å². The van der Waals surface area contributed by atoms with Crippen LogP contribution in [0.3, 0.4) is 0 Å². The molecule has 0 atom stereocenters. The van der Waals surface area contributed by atoms with Crippen molar-refractivity contribution in [2.45, 2.75) is 31.7 Å². The minimum absolute atomic E-state index is 0.150. The molecule has 1 aromatic heterocycles. The second kappa shape index (κ2) is 6.38. The molecular weight excluding hydrogens is 369 g/mol. The van der Waals surface area contributed by atoms with Crippen LogP contribution in [0, 0.1) is 2.88 Å². The van der Waals surface area contributed by atoms with Gasteiger partial charge < -0.3 is 4.90 Å². The summed E-state index contributed by atoms with van der Waals surface area (Å²) in [6, 6.07) is 2.36. The van der Waals surface area contributed by atoms with E-state index in [0.717, 1.165) is 21.3 Å². The van der Waals surface area contributed by atoms with Gasteiger partial charge in [0.15, 0.2) is 0 Å². The first-order valence-electron chi connectivity index (χ1n) is 5.83. The van der Waals surface area contributed by atoms with Gasteiger partial charge in [-0.1, -0.05) is 12.8 Å². The molecular formula is C12H15ClINOS. The fourth-order valence-corrected chi connectivity index (χ4v) is 3.85. The highest BCUT2D eigenvalue weighted by Crippen LogP contribution is 2.26. The molecule has 0 bridgehead atoms. The van der Waals surface area contributed by atoms with E-state index in [0.29, 0.717) is 18.5 Å². The van der Waals surface area contributed by atoms with Crippen molar-refractivity contribution < 1.29 is 4.79 Å². The Hall–Kier alpha value is 0.190. The van der Waals surface area contributed by atoms with Gasteiger partial charge in [0.2, 0.25) is 0 Å². The van der Waals surface area contributed by atoms with E-state index in [4.69, 9.17) is 11.6 Å². The van der Waals surface area contributed by atoms with Gasteiger partial charge in [-0.3, -0.25) is 4.79 Å². The third kappa shape index (κ3) is 3.35. The Morgan fingerprint density at radius 3 is 2.76 bits per heavy atom. The van der Waals surface area contributed by atoms with E-state index in [1.807, 2.05) is 16.3 Å². The Balaban J connectivity index is 2.12. The number of nitrogens with zero attached hydrogens (tertiary/aromatic N) is 1. The van der Waals surface area contributed by atoms with Gasteiger partial charge in [0.25, 0.3) is 5.91 Å². The maximum absolute atomic E-state index is 12.4. The first kappa shape index (κ1) is 13.6. The number of halogens is 2. The molecule has 0 aromatic carbocycles. The average molecular weight is 384 g/mol. The Bertz CT molecular complexity index is 390. The summed E-state index contributed by atoms with van der Waals surface area (Å²) in [6.45, 7) is 0.664. The van der Waals surface area contributed by atoms with Crippen molar-refractivity contribution in [3.8, 4) is 0 Å². The molecule has 5 heteroatoms. The summed E-state index contributed by atoms with van der Waals surface area (Å²) in [5.41, 5.74) is 0.816. The van der Waals surface area contributed by atoms with Gasteiger partial charge in [-0.05, 0) is 41.5 Å². The highest BCUT2D eigenvalue weighted by atomic mass is 127. The Morgan fingerprint density at radius 2 is 2.24 bits per heavy atom. The van der Waals surface area contributed by atoms with Crippen LogP contribution in [0.15, 0.2) is 11.4 Å². The number of rotatable bonds is 4. The number of thiophene rings is 1. The van der Waals surface area contributed by atoms with E-state index >= 15 is 0 Å². The molecule has 1 aliphatic carbocycles. The fourth-order valence-electron chi connectivity index (χ4n) is 2.34. The highest BCUT2D eigenvalue weighted by molar-refractivity contribution is 14.1. The van der Waals surface area contributed by atoms with Gasteiger partial charge in [0, 0.05) is 23.8 Å². The summed E-state index contributed by atoms with van der Waals surface area (Å²) in [6.07, 6.45) is 4.73. The van der Waals surface area contributed by atoms with Gasteiger partial charge in [-0.25, -0.2) is 0 Å². The lowest BCUT2D eigenvalue weighted by molar-refractivity contribution is 0.0695. The van der Waals surface area contributed by atoms with Crippen LogP contribution in [0.2, 0.25) is 0 Å². The minimum atomic E-state index is 0.150. The maximum atomic E-state index is 12.4. The lowest BCUT2D eigenvalue weighted by Gasteiger charge is -2.28. The molecule has 1 aliphatic rings. The number of hydrogen-bond donors (Lipinski definition) is 0. The van der Waals surface area contributed by atoms with E-state index in [9.17, 15) is 4.79 Å². The lowest BCUT2D eigenvalue weighted by atomic mass is 10.2. The van der Waals surface area contributed by atoms with Crippen LogP contribution in [-0.4, -0.2) is 29.3 Å². The van der Waals surface area contributed by atoms with Gasteiger partial charge in [0.05, 0.1) is 8.45 Å². The molecule has 2 rings (SSSR count). The molecule has 94 valence electrons. The molecule has 1 saturated carbocycles. The number of hydrogen-bond acceptors (Lipinski definition) is 2. The fraction of sp³-hybridized carbons (Fsp3) is 0.583. The number of carbonyl (C=O) groups excluding carboxylic acids is 1. The van der Waals surface area contributed by atoms with Crippen LogP contribution >= 0.6 is 45.5 Å². The predicted molar refractivity (Wildman–Crippen MR) is 81.0 cm³/mol. The van der Waals surface area contributed by atoms with Crippen molar-refractivity contribution in [2.75, 3.05) is 12.4 Å². The number of amides is 1. The molecule has 1 fully saturated rings. The van der Waals surface area contributed by atoms with Crippen molar-refractivity contribution in [3.63, 3.8) is 0 Å². The summed E-state index contributed by atoms with van der Waals surface area (Å²) in [7, 11) is 0. The molecule has 2 nitrogen and oxygen atoms in total. The summed E-state index contributed by atoms with van der Waals surface area (Å²) in [4.78, 5) is 14.4. The molecule has 17 heavy (non-hydrogen) atoms. The molecule has 0 spiro atoms. The SMILES string of the molecule is O=C(c1csc(I)c1)N(CCCl)C1CCCC1. The van der Waals surface area contributed by atoms with Crippen molar-refractivity contribution >= 4 is 51.4 Å². The summed E-state index contributed by atoms with van der Waals surface area (Å²) >= 11 is 9.68. The van der Waals surface area contributed by atoms with Crippen LogP contribution in [0.1, 0.15) is 36.0 Å². The van der Waals surface area contributed by atoms with Gasteiger partial charge in [-0.15, -0.1) is 22.9 Å². The largest absolute Gasteiger partial charge is 0.334 e. The maximum Gasteiger partial charge on any atom is 0.255 e. The van der Waals surface area contributed by atoms with E-state index in [2.05, 4.69) is 22.6 Å². The predicted octanol–water partition coefficient (Wildman–Crippen LogP) is 3.98. The zero-order chi connectivity index (χ0) is 12.3. The van der Waals surface area contributed by atoms with Crippen molar-refractivity contribution in [1.29, 1.82) is 0 Å². The van der Waals surface area contributed by atoms with E-state index < -0.39 is 0 Å². The van der Waals surface area contributed by atoms with E-state index in [1.54, 1.807) is 11.3 Å². The average Bonchev–Trinajstić information content (AvgIpc) is 2.95. The molecule has 0 radical (unpaired) electrons. The molecule has 0 aliphatic heterocycles. The monoisotopic (exact) mass is 383 g/mol. The third-order valence-corrected chi connectivity index (χ3v) is 5.12. The topological polar surface area (TPSA) is 20.3 Å². The zero-order valence-electron chi connectivity index (χ0n) is 9.49. The van der Waals surface area contributed by atoms with E-state index in [-0.39, 0.29) is 5.91 Å². The smallest absolute Gasteiger partial charge is 0.255 e. The lowest BCUT2D eigenvalue weighted by Crippen LogP contribution is -2.40. The Labute approximate surface area is 124 Å². The standard InChI is InChI=1S/C12H15ClINOS/c13-5-6-15(10-3-1-2-4-10)12(16)9-7-11(14)17-8-9/h7-8,10H,1-6H2. The Morgan fingerprint density at radius 1 is 1.53 bits per heavy atom. The summed E-state index contributed by atoms with van der Waals surface area (Å²) in [5.74, 6) is 0.667. The first-order chi connectivity index (χ1) is 8.22. The molecule has 1 aromatic rings. The van der Waals surface area contributed by atoms with Crippen molar-refractivity contribution in [1.82, 2.24) is 4.90 Å². The molecule has 0 saturated heterocycles. The van der Waals surface area contributed by atoms with Gasteiger partial charge in [-0.2, -0.15) is 0 Å². The molecule has 1 heterocycles. The highest BCUT2D eigenvalue weighted by Gasteiger charge is 2.27. The molecule has 1 amide bonds. The summed E-state index contributed by atoms with van der Waals surface area (Å²) < 4.78 is 1.16. The molecule has 0 N–H and O–H groups in total. The van der Waals surface area contributed by atoms with Crippen LogP contribution in [-0.2, 0) is 0 Å². The Kier molecular flexibility index (Phi) is 5.11. The molecule has 0 unspecified atom stereocenters. The second-order valence-corrected chi connectivity index (χ2v) is 7.45. The van der Waals surface area contributed by atoms with E-state index in [1.165, 1.54) is 12.8 Å². The quantitative estimate of drug-likeness (QED) is 0.569. The van der Waals surface area contributed by atoms with Gasteiger partial charge in [0.1, 0.15) is 0 Å². The minimum Gasteiger partial charge on any atom is -0.334 e. The second-order valence-electron chi connectivity index (χ2n) is 4.27. The van der Waals surface area contributed by atoms with Crippen LogP contribution in [0.25, 0.3) is 0 Å². The number of carbonyl (C=O) groups is 1. The third-order valence-electron chi connectivity index (χ3n) is 3.17. The van der Waals surface area contributed by atoms with Gasteiger partial charge >= 0.3 is 0 Å².